The second-order valence-corrected chi connectivity index (χ2v) is 5.74. The number of rotatable bonds is 3. The second-order valence-electron chi connectivity index (χ2n) is 3.73. The zero-order valence-electron chi connectivity index (χ0n) is 9.17. The molecular formula is C12H11NO3S. The molecule has 88 valence electrons. The van der Waals surface area contributed by atoms with Crippen LogP contribution in [0.5, 0.6) is 0 Å². The molecule has 2 rings (SSSR count). The summed E-state index contributed by atoms with van der Waals surface area (Å²) in [6.07, 6.45) is 4.40. The van der Waals surface area contributed by atoms with Gasteiger partial charge in [0.25, 0.3) is 0 Å². The summed E-state index contributed by atoms with van der Waals surface area (Å²) < 4.78 is 22.5. The van der Waals surface area contributed by atoms with Gasteiger partial charge in [0, 0.05) is 29.8 Å². The Kier molecular flexibility index (Phi) is 2.85. The van der Waals surface area contributed by atoms with Gasteiger partial charge in [-0.25, -0.2) is 8.42 Å². The number of H-pyrrole nitrogens is 1. The molecule has 0 radical (unpaired) electrons. The molecule has 0 aliphatic rings. The molecule has 4 nitrogen and oxygen atoms in total. The molecule has 0 atom stereocenters. The van der Waals surface area contributed by atoms with Crippen LogP contribution < -0.4 is 0 Å². The molecule has 0 bridgehead atoms. The summed E-state index contributed by atoms with van der Waals surface area (Å²) >= 11 is 0. The third-order valence-electron chi connectivity index (χ3n) is 2.40. The highest BCUT2D eigenvalue weighted by atomic mass is 32.2. The summed E-state index contributed by atoms with van der Waals surface area (Å²) in [5.41, 5.74) is 1.02. The van der Waals surface area contributed by atoms with Crippen molar-refractivity contribution in [1.29, 1.82) is 0 Å². The van der Waals surface area contributed by atoms with E-state index in [1.807, 2.05) is 0 Å². The molecule has 5 heteroatoms. The van der Waals surface area contributed by atoms with E-state index in [1.54, 1.807) is 18.5 Å². The molecule has 1 aromatic carbocycles. The fourth-order valence-electron chi connectivity index (χ4n) is 1.49. The largest absolute Gasteiger partial charge is 0.367 e. The Labute approximate surface area is 99.2 Å². The highest BCUT2D eigenvalue weighted by molar-refractivity contribution is 7.90. The average molecular weight is 249 g/mol. The molecule has 0 unspecified atom stereocenters. The molecule has 1 aromatic heterocycles. The molecule has 0 amide bonds. The summed E-state index contributed by atoms with van der Waals surface area (Å²) in [4.78, 5) is 14.9. The Balaban J connectivity index is 2.34. The lowest BCUT2D eigenvalue weighted by atomic mass is 10.1. The van der Waals surface area contributed by atoms with E-state index in [-0.39, 0.29) is 10.7 Å². The van der Waals surface area contributed by atoms with Gasteiger partial charge >= 0.3 is 0 Å². The van der Waals surface area contributed by atoms with Gasteiger partial charge in [0.05, 0.1) is 4.90 Å². The van der Waals surface area contributed by atoms with E-state index in [0.29, 0.717) is 11.1 Å². The molecular weight excluding hydrogens is 238 g/mol. The molecule has 0 fully saturated rings. The van der Waals surface area contributed by atoms with Crippen molar-refractivity contribution in [2.45, 2.75) is 4.90 Å². The predicted octanol–water partition coefficient (Wildman–Crippen LogP) is 1.65. The predicted molar refractivity (Wildman–Crippen MR) is 63.8 cm³/mol. The van der Waals surface area contributed by atoms with Gasteiger partial charge in [-0.3, -0.25) is 4.79 Å². The van der Waals surface area contributed by atoms with Crippen LogP contribution in [0.3, 0.4) is 0 Å². The molecule has 17 heavy (non-hydrogen) atoms. The summed E-state index contributed by atoms with van der Waals surface area (Å²) in [5.74, 6) is -0.133. The van der Waals surface area contributed by atoms with E-state index in [2.05, 4.69) is 4.98 Å². The van der Waals surface area contributed by atoms with Gasteiger partial charge in [-0.05, 0) is 30.3 Å². The number of hydrogen-bond donors (Lipinski definition) is 1. The number of aromatic amines is 1. The minimum absolute atomic E-state index is 0.133. The van der Waals surface area contributed by atoms with E-state index < -0.39 is 9.84 Å². The number of aromatic nitrogens is 1. The lowest BCUT2D eigenvalue weighted by Crippen LogP contribution is -2.01. The molecule has 1 N–H and O–H groups in total. The smallest absolute Gasteiger partial charge is 0.194 e. The van der Waals surface area contributed by atoms with Gasteiger partial charge in [0.15, 0.2) is 15.6 Å². The van der Waals surface area contributed by atoms with Crippen molar-refractivity contribution in [3.8, 4) is 0 Å². The van der Waals surface area contributed by atoms with Crippen LogP contribution in [0.15, 0.2) is 47.6 Å². The lowest BCUT2D eigenvalue weighted by molar-refractivity contribution is 0.103. The maximum Gasteiger partial charge on any atom is 0.194 e. The highest BCUT2D eigenvalue weighted by Gasteiger charge is 2.11. The highest BCUT2D eigenvalue weighted by Crippen LogP contribution is 2.13. The number of carbonyl (C=O) groups is 1. The zero-order valence-corrected chi connectivity index (χ0v) is 9.99. The van der Waals surface area contributed by atoms with Crippen molar-refractivity contribution in [1.82, 2.24) is 4.98 Å². The molecule has 2 aromatic rings. The van der Waals surface area contributed by atoms with E-state index in [0.717, 1.165) is 6.26 Å². The summed E-state index contributed by atoms with van der Waals surface area (Å²) in [6.45, 7) is 0. The first kappa shape index (κ1) is 11.6. The standard InChI is InChI=1S/C12H11NO3S/c1-17(15,16)11-4-2-9(3-5-11)12(14)10-6-7-13-8-10/h2-8,13H,1H3. The monoisotopic (exact) mass is 249 g/mol. The number of nitrogens with one attached hydrogen (secondary N) is 1. The third kappa shape index (κ3) is 2.45. The normalized spacial score (nSPS) is 11.4. The quantitative estimate of drug-likeness (QED) is 0.841. The van der Waals surface area contributed by atoms with Gasteiger partial charge in [-0.1, -0.05) is 0 Å². The van der Waals surface area contributed by atoms with Crippen LogP contribution in [-0.2, 0) is 9.84 Å². The first-order valence-corrected chi connectivity index (χ1v) is 6.85. The van der Waals surface area contributed by atoms with E-state index >= 15 is 0 Å². The van der Waals surface area contributed by atoms with Crippen LogP contribution in [-0.4, -0.2) is 25.4 Å². The third-order valence-corrected chi connectivity index (χ3v) is 3.53. The van der Waals surface area contributed by atoms with Crippen molar-refractivity contribution in [3.63, 3.8) is 0 Å². The summed E-state index contributed by atoms with van der Waals surface area (Å²) in [7, 11) is -3.22. The van der Waals surface area contributed by atoms with Crippen LogP contribution in [0, 0.1) is 0 Å². The average Bonchev–Trinajstić information content (AvgIpc) is 2.80. The Bertz CT molecular complexity index is 625. The first-order chi connectivity index (χ1) is 7.98. The summed E-state index contributed by atoms with van der Waals surface area (Å²) in [6, 6.07) is 7.59. The van der Waals surface area contributed by atoms with Crippen LogP contribution in [0.4, 0.5) is 0 Å². The van der Waals surface area contributed by atoms with Gasteiger partial charge in [-0.2, -0.15) is 0 Å². The van der Waals surface area contributed by atoms with Crippen LogP contribution in [0.2, 0.25) is 0 Å². The Morgan fingerprint density at radius 2 is 1.71 bits per heavy atom. The summed E-state index contributed by atoms with van der Waals surface area (Å²) in [5, 5.41) is 0. The second kappa shape index (κ2) is 4.18. The molecule has 0 spiro atoms. The molecule has 0 aliphatic carbocycles. The fraction of sp³-hybridized carbons (Fsp3) is 0.0833. The number of ketones is 1. The molecule has 0 saturated heterocycles. The van der Waals surface area contributed by atoms with Gasteiger partial charge < -0.3 is 4.98 Å². The maximum atomic E-state index is 11.9. The first-order valence-electron chi connectivity index (χ1n) is 4.96. The van der Waals surface area contributed by atoms with Crippen molar-refractivity contribution in [3.05, 3.63) is 53.9 Å². The zero-order chi connectivity index (χ0) is 12.5. The Morgan fingerprint density at radius 1 is 1.06 bits per heavy atom. The van der Waals surface area contributed by atoms with Crippen LogP contribution in [0.25, 0.3) is 0 Å². The minimum atomic E-state index is -3.22. The van der Waals surface area contributed by atoms with Crippen molar-refractivity contribution in [2.75, 3.05) is 6.26 Å². The van der Waals surface area contributed by atoms with E-state index in [4.69, 9.17) is 0 Å². The molecule has 1 heterocycles. The van der Waals surface area contributed by atoms with Gasteiger partial charge in [0.2, 0.25) is 0 Å². The topological polar surface area (TPSA) is 67.0 Å². The van der Waals surface area contributed by atoms with Crippen molar-refractivity contribution < 1.29 is 13.2 Å². The van der Waals surface area contributed by atoms with E-state index in [9.17, 15) is 13.2 Å². The number of sulfone groups is 1. The van der Waals surface area contributed by atoms with Gasteiger partial charge in [0.1, 0.15) is 0 Å². The number of carbonyl (C=O) groups excluding carboxylic acids is 1. The van der Waals surface area contributed by atoms with Crippen molar-refractivity contribution >= 4 is 15.6 Å². The Hall–Kier alpha value is -1.88. The minimum Gasteiger partial charge on any atom is -0.367 e. The maximum absolute atomic E-state index is 11.9. The van der Waals surface area contributed by atoms with E-state index in [1.165, 1.54) is 24.3 Å². The lowest BCUT2D eigenvalue weighted by Gasteiger charge is -2.01. The molecule has 0 aliphatic heterocycles. The number of benzene rings is 1. The van der Waals surface area contributed by atoms with Crippen molar-refractivity contribution in [2.24, 2.45) is 0 Å². The van der Waals surface area contributed by atoms with Gasteiger partial charge in [-0.15, -0.1) is 0 Å². The fourth-order valence-corrected chi connectivity index (χ4v) is 2.12. The van der Waals surface area contributed by atoms with Crippen LogP contribution >= 0.6 is 0 Å². The molecule has 0 saturated carbocycles. The Morgan fingerprint density at radius 3 is 2.18 bits per heavy atom. The van der Waals surface area contributed by atoms with Crippen LogP contribution in [0.1, 0.15) is 15.9 Å². The number of hydrogen-bond acceptors (Lipinski definition) is 3. The SMILES string of the molecule is CS(=O)(=O)c1ccc(C(=O)c2cc[nH]c2)cc1.